The summed E-state index contributed by atoms with van der Waals surface area (Å²) in [5.41, 5.74) is 0.128. The van der Waals surface area contributed by atoms with Gasteiger partial charge in [-0.2, -0.15) is 10.1 Å². The molecule has 0 saturated carbocycles. The van der Waals surface area contributed by atoms with E-state index in [2.05, 4.69) is 25.8 Å². The Morgan fingerprint density at radius 1 is 1.26 bits per heavy atom. The van der Waals surface area contributed by atoms with Crippen molar-refractivity contribution in [2.75, 3.05) is 17.2 Å². The topological polar surface area (TPSA) is 62.7 Å². The summed E-state index contributed by atoms with van der Waals surface area (Å²) in [4.78, 5) is 4.11. The Hall–Kier alpha value is -2.31. The van der Waals surface area contributed by atoms with Crippen LogP contribution >= 0.6 is 0 Å². The highest BCUT2D eigenvalue weighted by atomic mass is 19.1. The van der Waals surface area contributed by atoms with E-state index in [0.717, 1.165) is 25.1 Å². The van der Waals surface area contributed by atoms with Crippen molar-refractivity contribution in [3.63, 3.8) is 0 Å². The molecule has 2 aromatic rings. The first-order valence-electron chi connectivity index (χ1n) is 5.84. The van der Waals surface area contributed by atoms with Crippen LogP contribution in [0.1, 0.15) is 13.3 Å². The minimum Gasteiger partial charge on any atom is -0.353 e. The van der Waals surface area contributed by atoms with Gasteiger partial charge in [0.25, 0.3) is 0 Å². The summed E-state index contributed by atoms with van der Waals surface area (Å²) in [7, 11) is 0. The summed E-state index contributed by atoms with van der Waals surface area (Å²) in [5.74, 6) is -0.635. The third kappa shape index (κ3) is 3.57. The highest BCUT2D eigenvalue weighted by molar-refractivity contribution is 5.56. The molecule has 0 spiro atoms. The number of hydrogen-bond donors (Lipinski definition) is 2. The van der Waals surface area contributed by atoms with Crippen molar-refractivity contribution in [2.24, 2.45) is 0 Å². The van der Waals surface area contributed by atoms with E-state index in [9.17, 15) is 8.78 Å². The van der Waals surface area contributed by atoms with E-state index in [1.165, 1.54) is 12.3 Å². The van der Waals surface area contributed by atoms with E-state index in [0.29, 0.717) is 11.8 Å². The number of benzene rings is 1. The first-order valence-corrected chi connectivity index (χ1v) is 5.84. The number of aromatic nitrogens is 3. The van der Waals surface area contributed by atoms with Gasteiger partial charge in [0, 0.05) is 12.6 Å². The molecule has 0 aliphatic carbocycles. The summed E-state index contributed by atoms with van der Waals surface area (Å²) < 4.78 is 26.2. The molecule has 0 aliphatic rings. The van der Waals surface area contributed by atoms with Crippen LogP contribution in [0.25, 0.3) is 0 Å². The number of halogens is 2. The van der Waals surface area contributed by atoms with Crippen molar-refractivity contribution >= 4 is 17.5 Å². The van der Waals surface area contributed by atoms with E-state index in [4.69, 9.17) is 0 Å². The SMILES string of the molecule is CCCNc1nncc(Nc2ccc(F)cc2F)n1. The van der Waals surface area contributed by atoms with Crippen LogP contribution < -0.4 is 10.6 Å². The van der Waals surface area contributed by atoms with Crippen LogP contribution in [0.2, 0.25) is 0 Å². The Bertz CT molecular complexity index is 562. The molecule has 2 rings (SSSR count). The molecule has 0 radical (unpaired) electrons. The fraction of sp³-hybridized carbons (Fsp3) is 0.250. The lowest BCUT2D eigenvalue weighted by atomic mass is 10.3. The molecule has 7 heteroatoms. The maximum absolute atomic E-state index is 13.5. The second-order valence-electron chi connectivity index (χ2n) is 3.84. The van der Waals surface area contributed by atoms with Gasteiger partial charge in [0.15, 0.2) is 5.82 Å². The van der Waals surface area contributed by atoms with Crippen molar-refractivity contribution in [3.05, 3.63) is 36.0 Å². The van der Waals surface area contributed by atoms with E-state index in [1.807, 2.05) is 6.92 Å². The number of rotatable bonds is 5. The van der Waals surface area contributed by atoms with Crippen LogP contribution in [0.5, 0.6) is 0 Å². The molecule has 2 N–H and O–H groups in total. The van der Waals surface area contributed by atoms with E-state index >= 15 is 0 Å². The summed E-state index contributed by atoms with van der Waals surface area (Å²) >= 11 is 0. The maximum Gasteiger partial charge on any atom is 0.244 e. The van der Waals surface area contributed by atoms with Crippen molar-refractivity contribution in [1.29, 1.82) is 0 Å². The van der Waals surface area contributed by atoms with Gasteiger partial charge in [0.1, 0.15) is 11.6 Å². The zero-order valence-corrected chi connectivity index (χ0v) is 10.3. The first kappa shape index (κ1) is 13.1. The molecular weight excluding hydrogens is 252 g/mol. The molecule has 0 aliphatic heterocycles. The lowest BCUT2D eigenvalue weighted by molar-refractivity contribution is 0.586. The molecule has 5 nitrogen and oxygen atoms in total. The van der Waals surface area contributed by atoms with Gasteiger partial charge in [0.05, 0.1) is 11.9 Å². The van der Waals surface area contributed by atoms with Crippen LogP contribution in [0.15, 0.2) is 24.4 Å². The Morgan fingerprint density at radius 2 is 2.11 bits per heavy atom. The van der Waals surface area contributed by atoms with Crippen molar-refractivity contribution in [2.45, 2.75) is 13.3 Å². The van der Waals surface area contributed by atoms with Crippen LogP contribution in [0, 0.1) is 11.6 Å². The smallest absolute Gasteiger partial charge is 0.244 e. The Kier molecular flexibility index (Phi) is 4.17. The summed E-state index contributed by atoms with van der Waals surface area (Å²) in [6, 6.07) is 3.26. The zero-order chi connectivity index (χ0) is 13.7. The molecule has 100 valence electrons. The molecular formula is C12H13F2N5. The molecule has 0 saturated heterocycles. The average molecular weight is 265 g/mol. The lowest BCUT2D eigenvalue weighted by Gasteiger charge is -2.07. The Labute approximate surface area is 109 Å². The predicted molar refractivity (Wildman–Crippen MR) is 68.2 cm³/mol. The Balaban J connectivity index is 2.14. The average Bonchev–Trinajstić information content (AvgIpc) is 2.40. The maximum atomic E-state index is 13.5. The minimum absolute atomic E-state index is 0.128. The number of hydrogen-bond acceptors (Lipinski definition) is 5. The van der Waals surface area contributed by atoms with Crippen LogP contribution in [0.4, 0.5) is 26.2 Å². The second kappa shape index (κ2) is 6.03. The monoisotopic (exact) mass is 265 g/mol. The summed E-state index contributed by atoms with van der Waals surface area (Å²) in [6.07, 6.45) is 2.29. The van der Waals surface area contributed by atoms with Gasteiger partial charge in [-0.3, -0.25) is 0 Å². The molecule has 1 aromatic carbocycles. The molecule has 0 bridgehead atoms. The van der Waals surface area contributed by atoms with Crippen LogP contribution in [0.3, 0.4) is 0 Å². The lowest BCUT2D eigenvalue weighted by Crippen LogP contribution is -2.07. The van der Waals surface area contributed by atoms with Gasteiger partial charge < -0.3 is 10.6 Å². The van der Waals surface area contributed by atoms with E-state index in [-0.39, 0.29) is 5.69 Å². The standard InChI is InChI=1S/C12H13F2N5/c1-2-5-15-12-18-11(7-16-19-12)17-10-4-3-8(13)6-9(10)14/h3-4,6-7H,2,5H2,1H3,(H2,15,17,18,19). The fourth-order valence-electron chi connectivity index (χ4n) is 1.40. The molecule has 0 atom stereocenters. The number of nitrogens with zero attached hydrogens (tertiary/aromatic N) is 3. The molecule has 0 fully saturated rings. The van der Waals surface area contributed by atoms with Gasteiger partial charge in [-0.15, -0.1) is 5.10 Å². The van der Waals surface area contributed by atoms with Gasteiger partial charge in [-0.05, 0) is 18.6 Å². The van der Waals surface area contributed by atoms with Gasteiger partial charge in [-0.25, -0.2) is 8.78 Å². The second-order valence-corrected chi connectivity index (χ2v) is 3.84. The highest BCUT2D eigenvalue weighted by Crippen LogP contribution is 2.19. The van der Waals surface area contributed by atoms with Crippen molar-refractivity contribution < 1.29 is 8.78 Å². The third-order valence-corrected chi connectivity index (χ3v) is 2.29. The van der Waals surface area contributed by atoms with Crippen LogP contribution in [-0.4, -0.2) is 21.7 Å². The zero-order valence-electron chi connectivity index (χ0n) is 10.3. The molecule has 1 aromatic heterocycles. The quantitative estimate of drug-likeness (QED) is 0.870. The molecule has 19 heavy (non-hydrogen) atoms. The van der Waals surface area contributed by atoms with Crippen molar-refractivity contribution in [3.8, 4) is 0 Å². The third-order valence-electron chi connectivity index (χ3n) is 2.29. The molecule has 0 unspecified atom stereocenters. The fourth-order valence-corrected chi connectivity index (χ4v) is 1.40. The molecule has 1 heterocycles. The number of nitrogens with one attached hydrogen (secondary N) is 2. The first-order chi connectivity index (χ1) is 9.19. The van der Waals surface area contributed by atoms with Gasteiger partial charge >= 0.3 is 0 Å². The van der Waals surface area contributed by atoms with Crippen molar-refractivity contribution in [1.82, 2.24) is 15.2 Å². The van der Waals surface area contributed by atoms with E-state index < -0.39 is 11.6 Å². The summed E-state index contributed by atoms with van der Waals surface area (Å²) in [5, 5.41) is 13.2. The molecule has 0 amide bonds. The minimum atomic E-state index is -0.693. The Morgan fingerprint density at radius 3 is 2.84 bits per heavy atom. The van der Waals surface area contributed by atoms with Gasteiger partial charge in [-0.1, -0.05) is 6.92 Å². The normalized spacial score (nSPS) is 10.3. The highest BCUT2D eigenvalue weighted by Gasteiger charge is 2.06. The summed E-state index contributed by atoms with van der Waals surface area (Å²) in [6.45, 7) is 2.73. The van der Waals surface area contributed by atoms with E-state index in [1.54, 1.807) is 0 Å². The number of anilines is 3. The predicted octanol–water partition coefficient (Wildman–Crippen LogP) is 2.72. The largest absolute Gasteiger partial charge is 0.353 e. The van der Waals surface area contributed by atoms with Gasteiger partial charge in [0.2, 0.25) is 5.95 Å². The van der Waals surface area contributed by atoms with Crippen LogP contribution in [-0.2, 0) is 0 Å².